The van der Waals surface area contributed by atoms with Gasteiger partial charge in [0.2, 0.25) is 0 Å². The Bertz CT molecular complexity index is 977. The van der Waals surface area contributed by atoms with Crippen molar-refractivity contribution in [3.05, 3.63) is 47.6 Å². The molecule has 8 heteroatoms. The number of carbonyl (C=O) groups is 2. The van der Waals surface area contributed by atoms with Gasteiger partial charge in [0.05, 0.1) is 30.0 Å². The highest BCUT2D eigenvalue weighted by Gasteiger charge is 2.37. The number of allylic oxidation sites excluding steroid dienone is 4. The molecule has 40 heavy (non-hydrogen) atoms. The lowest BCUT2D eigenvalue weighted by molar-refractivity contribution is -0.146. The minimum atomic E-state index is -1.71. The summed E-state index contributed by atoms with van der Waals surface area (Å²) >= 11 is 0. The largest absolute Gasteiger partial charge is 0.459 e. The predicted molar refractivity (Wildman–Crippen MR) is 154 cm³/mol. The van der Waals surface area contributed by atoms with Gasteiger partial charge in [0, 0.05) is 18.4 Å². The Morgan fingerprint density at radius 2 is 1.70 bits per heavy atom. The number of aliphatic hydroxyl groups is 4. The summed E-state index contributed by atoms with van der Waals surface area (Å²) in [7, 11) is 0. The van der Waals surface area contributed by atoms with Crippen molar-refractivity contribution in [1.82, 2.24) is 0 Å². The molecule has 0 aromatic rings. The maximum atomic E-state index is 12.6. The highest BCUT2D eigenvalue weighted by molar-refractivity contribution is 5.87. The van der Waals surface area contributed by atoms with Crippen LogP contribution in [0.15, 0.2) is 47.6 Å². The fourth-order valence-electron chi connectivity index (χ4n) is 5.21. The van der Waals surface area contributed by atoms with E-state index in [1.807, 2.05) is 12.2 Å². The molecular weight excluding hydrogens is 512 g/mol. The van der Waals surface area contributed by atoms with Crippen molar-refractivity contribution < 1.29 is 39.5 Å². The number of carbonyl (C=O) groups excluding carboxylic acids is 2. The van der Waals surface area contributed by atoms with Crippen LogP contribution in [0, 0.1) is 11.8 Å². The molecule has 4 N–H and O–H groups in total. The summed E-state index contributed by atoms with van der Waals surface area (Å²) in [5.41, 5.74) is 0.569. The van der Waals surface area contributed by atoms with Gasteiger partial charge >= 0.3 is 5.97 Å². The number of ether oxygens (including phenoxy) is 2. The Kier molecular flexibility index (Phi) is 13.0. The van der Waals surface area contributed by atoms with Crippen LogP contribution >= 0.6 is 0 Å². The molecule has 0 unspecified atom stereocenters. The molecule has 2 aliphatic heterocycles. The monoisotopic (exact) mass is 562 g/mol. The van der Waals surface area contributed by atoms with E-state index >= 15 is 0 Å². The third-order valence-electron chi connectivity index (χ3n) is 7.89. The zero-order valence-electron chi connectivity index (χ0n) is 25.0. The lowest BCUT2D eigenvalue weighted by Gasteiger charge is -2.29. The second-order valence-electron chi connectivity index (χ2n) is 12.2. The predicted octanol–water partition coefficient (Wildman–Crippen LogP) is 4.11. The normalized spacial score (nSPS) is 42.0. The molecule has 0 bridgehead atoms. The molecule has 0 aliphatic carbocycles. The molecule has 1 fully saturated rings. The Balaban J connectivity index is 2.15. The first-order chi connectivity index (χ1) is 18.6. The first-order valence-corrected chi connectivity index (χ1v) is 14.5. The third-order valence-corrected chi connectivity index (χ3v) is 7.89. The van der Waals surface area contributed by atoms with Crippen LogP contribution in [0.3, 0.4) is 0 Å². The molecule has 2 rings (SSSR count). The lowest BCUT2D eigenvalue weighted by Crippen LogP contribution is -2.41. The van der Waals surface area contributed by atoms with Crippen molar-refractivity contribution in [3.8, 4) is 0 Å². The summed E-state index contributed by atoms with van der Waals surface area (Å²) in [6, 6.07) is 0. The first kappa shape index (κ1) is 34.1. The van der Waals surface area contributed by atoms with Gasteiger partial charge in [-0.15, -0.1) is 0 Å². The molecule has 8 nitrogen and oxygen atoms in total. The maximum absolute atomic E-state index is 12.6. The van der Waals surface area contributed by atoms with Crippen LogP contribution in [-0.4, -0.2) is 74.4 Å². The van der Waals surface area contributed by atoms with Gasteiger partial charge in [-0.1, -0.05) is 50.3 Å². The second kappa shape index (κ2) is 15.2. The van der Waals surface area contributed by atoms with Crippen molar-refractivity contribution >= 4 is 11.8 Å². The van der Waals surface area contributed by atoms with Crippen LogP contribution in [0.5, 0.6) is 0 Å². The number of epoxide rings is 1. The van der Waals surface area contributed by atoms with E-state index in [4.69, 9.17) is 9.47 Å². The summed E-state index contributed by atoms with van der Waals surface area (Å²) < 4.78 is 11.3. The molecule has 0 spiro atoms. The number of aliphatic hydroxyl groups excluding tert-OH is 3. The van der Waals surface area contributed by atoms with Crippen LogP contribution in [0.25, 0.3) is 0 Å². The summed E-state index contributed by atoms with van der Waals surface area (Å²) in [5.74, 6) is -1.40. The fraction of sp³-hybridized carbons (Fsp3) is 0.688. The molecule has 9 atom stereocenters. The fourth-order valence-corrected chi connectivity index (χ4v) is 5.21. The van der Waals surface area contributed by atoms with Crippen molar-refractivity contribution in [2.24, 2.45) is 11.8 Å². The molecule has 0 aromatic carbocycles. The number of ketones is 1. The number of esters is 1. The third kappa shape index (κ3) is 11.1. The van der Waals surface area contributed by atoms with E-state index < -0.39 is 54.1 Å². The van der Waals surface area contributed by atoms with Crippen LogP contribution in [0.1, 0.15) is 86.5 Å². The van der Waals surface area contributed by atoms with Crippen LogP contribution in [0.4, 0.5) is 0 Å². The van der Waals surface area contributed by atoms with Gasteiger partial charge in [-0.3, -0.25) is 4.79 Å². The van der Waals surface area contributed by atoms with E-state index in [9.17, 15) is 30.0 Å². The quantitative estimate of drug-likeness (QED) is 0.197. The summed E-state index contributed by atoms with van der Waals surface area (Å²) in [6.07, 6.45) is 5.95. The second-order valence-corrected chi connectivity index (χ2v) is 12.2. The molecule has 226 valence electrons. The van der Waals surface area contributed by atoms with E-state index in [0.29, 0.717) is 23.5 Å². The topological polar surface area (TPSA) is 137 Å². The zero-order chi connectivity index (χ0) is 30.2. The van der Waals surface area contributed by atoms with Crippen LogP contribution in [-0.2, 0) is 19.1 Å². The van der Waals surface area contributed by atoms with Gasteiger partial charge in [-0.05, 0) is 77.2 Å². The van der Waals surface area contributed by atoms with E-state index in [0.717, 1.165) is 24.8 Å². The smallest absolute Gasteiger partial charge is 0.333 e. The van der Waals surface area contributed by atoms with Gasteiger partial charge in [0.15, 0.2) is 5.78 Å². The number of cyclic esters (lactones) is 1. The van der Waals surface area contributed by atoms with Crippen molar-refractivity contribution in [2.75, 3.05) is 0 Å². The number of hydrogen-bond donors (Lipinski definition) is 4. The van der Waals surface area contributed by atoms with E-state index in [2.05, 4.69) is 25.7 Å². The summed E-state index contributed by atoms with van der Waals surface area (Å²) in [6.45, 7) is 14.7. The number of Topliss-reactive ketones (excluding diaryl/α,β-unsaturated/α-hetero) is 1. The van der Waals surface area contributed by atoms with Gasteiger partial charge in [0.25, 0.3) is 0 Å². The molecule has 2 heterocycles. The number of hydrogen-bond acceptors (Lipinski definition) is 8. The SMILES string of the molecule is C=C1/C=C(\C)[C@](C)(O)C[C@@H](O)CC(=O)[C@H](O)[C@@H](O)[C@H](C)C[C@H](C)OC(=O)/C(C)=C/CC/C=C/[C@@H]2O[C@H]2C[C@H](C)C1. The van der Waals surface area contributed by atoms with Gasteiger partial charge < -0.3 is 29.9 Å². The summed E-state index contributed by atoms with van der Waals surface area (Å²) in [5, 5.41) is 42.6. The Morgan fingerprint density at radius 3 is 2.38 bits per heavy atom. The molecule has 2 aliphatic rings. The minimum absolute atomic E-state index is 0.100. The van der Waals surface area contributed by atoms with E-state index in [1.54, 1.807) is 34.6 Å². The molecule has 0 aromatic heterocycles. The van der Waals surface area contributed by atoms with E-state index in [-0.39, 0.29) is 25.0 Å². The van der Waals surface area contributed by atoms with E-state index in [1.165, 1.54) is 0 Å². The lowest BCUT2D eigenvalue weighted by atomic mass is 9.85. The highest BCUT2D eigenvalue weighted by atomic mass is 16.6. The van der Waals surface area contributed by atoms with Crippen molar-refractivity contribution in [1.29, 1.82) is 0 Å². The molecular formula is C32H50O8. The summed E-state index contributed by atoms with van der Waals surface area (Å²) in [4.78, 5) is 25.1. The Morgan fingerprint density at radius 1 is 1.02 bits per heavy atom. The van der Waals surface area contributed by atoms with Gasteiger partial charge in [-0.2, -0.15) is 0 Å². The highest BCUT2D eigenvalue weighted by Crippen LogP contribution is 2.33. The molecule has 0 radical (unpaired) electrons. The molecule has 1 saturated heterocycles. The number of fused-ring (bicyclic) bond motifs is 1. The van der Waals surface area contributed by atoms with Gasteiger partial charge in [-0.25, -0.2) is 4.79 Å². The Labute approximate surface area is 239 Å². The first-order valence-electron chi connectivity index (χ1n) is 14.5. The van der Waals surface area contributed by atoms with Crippen LogP contribution < -0.4 is 0 Å². The standard InChI is InChI=1S/C32H50O8/c1-19-13-20(2)15-28-27(40-28)12-10-8-9-11-21(3)31(37)39-24(6)16-22(4)29(35)30(36)26(34)17-25(33)18-32(7,38)23(5)14-19/h10-12,14,20,22,24-25,27-30,33,35-36,38H,1,8-9,13,15-18H2,2-7H3/b12-10+,21-11+,23-14+/t20-,22-,24+,25+,27+,28+,29+,30+,32-/m1/s1. The maximum Gasteiger partial charge on any atom is 0.333 e. The average Bonchev–Trinajstić information content (AvgIpc) is 3.58. The number of rotatable bonds is 0. The van der Waals surface area contributed by atoms with Crippen molar-refractivity contribution in [2.45, 2.75) is 129 Å². The van der Waals surface area contributed by atoms with Gasteiger partial charge in [0.1, 0.15) is 12.2 Å². The van der Waals surface area contributed by atoms with Crippen LogP contribution in [0.2, 0.25) is 0 Å². The molecule has 0 saturated carbocycles. The Hall–Kier alpha value is -2.10. The zero-order valence-corrected chi connectivity index (χ0v) is 25.0. The average molecular weight is 563 g/mol. The molecule has 0 amide bonds. The minimum Gasteiger partial charge on any atom is -0.459 e. The van der Waals surface area contributed by atoms with Crippen molar-refractivity contribution in [3.63, 3.8) is 0 Å².